The largest absolute Gasteiger partial charge is 0.298 e. The molecule has 4 aromatic rings. The van der Waals surface area contributed by atoms with E-state index in [4.69, 9.17) is 23.2 Å². The van der Waals surface area contributed by atoms with Crippen molar-refractivity contribution in [2.24, 2.45) is 0 Å². The van der Waals surface area contributed by atoms with Crippen LogP contribution in [0.25, 0.3) is 27.8 Å². The van der Waals surface area contributed by atoms with Crippen LogP contribution in [0.15, 0.2) is 48.8 Å². The van der Waals surface area contributed by atoms with Crippen LogP contribution in [0.2, 0.25) is 10.0 Å². The molecule has 170 valence electrons. The molecule has 2 aromatic carbocycles. The van der Waals surface area contributed by atoms with Gasteiger partial charge in [-0.05, 0) is 24.3 Å². The molecule has 0 aliphatic rings. The van der Waals surface area contributed by atoms with Crippen LogP contribution >= 0.6 is 23.2 Å². The molecular formula is C21H12Cl2F3N3O3S. The average Bonchev–Trinajstić information content (AvgIpc) is 3.04. The van der Waals surface area contributed by atoms with Crippen LogP contribution in [0.4, 0.5) is 13.2 Å². The number of nitrogens with zero attached hydrogens (tertiary/aromatic N) is 2. The summed E-state index contributed by atoms with van der Waals surface area (Å²) in [6.07, 6.45) is 3.50. The van der Waals surface area contributed by atoms with Crippen molar-refractivity contribution in [2.75, 3.05) is 6.26 Å². The molecular weight excluding hydrogens is 502 g/mol. The smallest absolute Gasteiger partial charge is 0.267 e. The topological polar surface area (TPSA) is 81.1 Å². The molecule has 0 radical (unpaired) electrons. The third-order valence-electron chi connectivity index (χ3n) is 4.66. The Balaban J connectivity index is 1.81. The molecule has 0 fully saturated rings. The van der Waals surface area contributed by atoms with Crippen LogP contribution in [0.1, 0.15) is 10.4 Å². The van der Waals surface area contributed by atoms with Crippen molar-refractivity contribution < 1.29 is 26.4 Å². The minimum Gasteiger partial charge on any atom is -0.298 e. The maximum atomic E-state index is 14.7. The lowest BCUT2D eigenvalue weighted by molar-refractivity contribution is 0.0978. The first-order valence-corrected chi connectivity index (χ1v) is 11.7. The van der Waals surface area contributed by atoms with Crippen LogP contribution in [-0.2, 0) is 10.0 Å². The van der Waals surface area contributed by atoms with Crippen molar-refractivity contribution in [3.63, 3.8) is 0 Å². The molecule has 0 saturated heterocycles. The molecule has 0 unspecified atom stereocenters. The first kappa shape index (κ1) is 23.1. The van der Waals surface area contributed by atoms with Gasteiger partial charge in [0.2, 0.25) is 10.0 Å². The quantitative estimate of drug-likeness (QED) is 0.411. The lowest BCUT2D eigenvalue weighted by Crippen LogP contribution is -2.30. The van der Waals surface area contributed by atoms with Gasteiger partial charge in [0.1, 0.15) is 23.1 Å². The Morgan fingerprint density at radius 1 is 1.03 bits per heavy atom. The second-order valence-corrected chi connectivity index (χ2v) is 9.62. The Hall–Kier alpha value is -3.08. The van der Waals surface area contributed by atoms with Gasteiger partial charge in [0, 0.05) is 41.0 Å². The van der Waals surface area contributed by atoms with Crippen molar-refractivity contribution in [1.29, 1.82) is 0 Å². The molecule has 0 bridgehead atoms. The number of rotatable bonds is 4. The minimum absolute atomic E-state index is 0.0789. The van der Waals surface area contributed by atoms with Crippen molar-refractivity contribution in [3.05, 3.63) is 81.9 Å². The number of halogens is 5. The third kappa shape index (κ3) is 4.54. The zero-order chi connectivity index (χ0) is 24.1. The summed E-state index contributed by atoms with van der Waals surface area (Å²) < 4.78 is 67.6. The predicted molar refractivity (Wildman–Crippen MR) is 119 cm³/mol. The summed E-state index contributed by atoms with van der Waals surface area (Å²) >= 11 is 12.6. The Labute approximate surface area is 195 Å². The van der Waals surface area contributed by atoms with E-state index in [0.717, 1.165) is 30.5 Å². The number of fused-ring (bicyclic) bond motifs is 1. The minimum atomic E-state index is -3.91. The van der Waals surface area contributed by atoms with E-state index in [1.807, 2.05) is 0 Å². The van der Waals surface area contributed by atoms with E-state index in [9.17, 15) is 26.4 Å². The van der Waals surface area contributed by atoms with E-state index in [1.54, 1.807) is 4.72 Å². The van der Waals surface area contributed by atoms with Crippen molar-refractivity contribution in [3.8, 4) is 16.8 Å². The second-order valence-electron chi connectivity index (χ2n) is 7.05. The molecule has 2 heterocycles. The average molecular weight is 514 g/mol. The van der Waals surface area contributed by atoms with E-state index in [-0.39, 0.29) is 26.9 Å². The van der Waals surface area contributed by atoms with E-state index in [0.29, 0.717) is 10.9 Å². The molecule has 1 N–H and O–H groups in total. The molecule has 12 heteroatoms. The zero-order valence-corrected chi connectivity index (χ0v) is 18.9. The fraction of sp³-hybridized carbons (Fsp3) is 0.0476. The molecule has 1 amide bonds. The van der Waals surface area contributed by atoms with Crippen molar-refractivity contribution >= 4 is 50.2 Å². The van der Waals surface area contributed by atoms with Gasteiger partial charge in [-0.2, -0.15) is 0 Å². The van der Waals surface area contributed by atoms with Crippen LogP contribution in [0.5, 0.6) is 0 Å². The molecule has 2 aromatic heterocycles. The van der Waals surface area contributed by atoms with Gasteiger partial charge in [-0.1, -0.05) is 23.2 Å². The molecule has 0 spiro atoms. The highest BCUT2D eigenvalue weighted by Crippen LogP contribution is 2.34. The lowest BCUT2D eigenvalue weighted by Gasteiger charge is -2.11. The third-order valence-corrected chi connectivity index (χ3v) is 5.82. The summed E-state index contributed by atoms with van der Waals surface area (Å²) in [7, 11) is -3.91. The molecule has 6 nitrogen and oxygen atoms in total. The summed E-state index contributed by atoms with van der Waals surface area (Å²) in [4.78, 5) is 16.3. The monoisotopic (exact) mass is 513 g/mol. The highest BCUT2D eigenvalue weighted by atomic mass is 35.5. The van der Waals surface area contributed by atoms with Gasteiger partial charge < -0.3 is 0 Å². The summed E-state index contributed by atoms with van der Waals surface area (Å²) in [6.45, 7) is 0. The maximum Gasteiger partial charge on any atom is 0.267 e. The number of amides is 1. The van der Waals surface area contributed by atoms with E-state index < -0.39 is 38.9 Å². The first-order valence-electron chi connectivity index (χ1n) is 9.08. The van der Waals surface area contributed by atoms with Gasteiger partial charge >= 0.3 is 0 Å². The van der Waals surface area contributed by atoms with Crippen LogP contribution in [0, 0.1) is 17.5 Å². The zero-order valence-electron chi connectivity index (χ0n) is 16.5. The van der Waals surface area contributed by atoms with E-state index in [1.165, 1.54) is 29.1 Å². The Morgan fingerprint density at radius 3 is 2.42 bits per heavy atom. The number of benzene rings is 2. The number of aromatic nitrogens is 2. The van der Waals surface area contributed by atoms with Crippen LogP contribution in [-0.4, -0.2) is 30.1 Å². The van der Waals surface area contributed by atoms with Gasteiger partial charge in [-0.3, -0.25) is 9.36 Å². The van der Waals surface area contributed by atoms with Gasteiger partial charge in [0.15, 0.2) is 0 Å². The standard InChI is InChI=1S/C21H12Cl2F3N3O3S/c1-33(31,32)28-21(30)14-6-15(22)19(7-18(14)26)29-9-16(23)13-4-10(8-27-20(13)29)12-3-2-11(24)5-17(12)25/h2-9H,1H3,(H,28,30). The van der Waals surface area contributed by atoms with E-state index >= 15 is 0 Å². The van der Waals surface area contributed by atoms with Gasteiger partial charge in [-0.15, -0.1) is 0 Å². The number of hydrogen-bond acceptors (Lipinski definition) is 4. The van der Waals surface area contributed by atoms with Crippen LogP contribution in [0.3, 0.4) is 0 Å². The molecule has 33 heavy (non-hydrogen) atoms. The van der Waals surface area contributed by atoms with Gasteiger partial charge in [0.25, 0.3) is 5.91 Å². The lowest BCUT2D eigenvalue weighted by atomic mass is 10.1. The van der Waals surface area contributed by atoms with Crippen molar-refractivity contribution in [2.45, 2.75) is 0 Å². The SMILES string of the molecule is CS(=O)(=O)NC(=O)c1cc(Cl)c(-n2cc(Cl)c3cc(-c4ccc(F)cc4F)cnc32)cc1F. The Bertz CT molecular complexity index is 1560. The number of carbonyl (C=O) groups is 1. The summed E-state index contributed by atoms with van der Waals surface area (Å²) in [5.41, 5.74) is 0.208. The molecule has 0 aliphatic carbocycles. The van der Waals surface area contributed by atoms with Crippen molar-refractivity contribution in [1.82, 2.24) is 14.3 Å². The summed E-state index contributed by atoms with van der Waals surface area (Å²) in [5, 5.41) is 0.490. The Kier molecular flexibility index (Phi) is 5.85. The molecule has 0 aliphatic heterocycles. The second kappa shape index (κ2) is 8.36. The van der Waals surface area contributed by atoms with Gasteiger partial charge in [-0.25, -0.2) is 31.3 Å². The summed E-state index contributed by atoms with van der Waals surface area (Å²) in [6, 6.07) is 6.58. The van der Waals surface area contributed by atoms with E-state index in [2.05, 4.69) is 4.98 Å². The number of nitrogens with one attached hydrogen (secondary N) is 1. The van der Waals surface area contributed by atoms with Crippen LogP contribution < -0.4 is 4.72 Å². The predicted octanol–water partition coefficient (Wildman–Crippen LogP) is 5.11. The number of sulfonamides is 1. The number of hydrogen-bond donors (Lipinski definition) is 1. The normalized spacial score (nSPS) is 11.7. The fourth-order valence-electron chi connectivity index (χ4n) is 3.24. The Morgan fingerprint density at radius 2 is 1.76 bits per heavy atom. The first-order chi connectivity index (χ1) is 15.4. The highest BCUT2D eigenvalue weighted by molar-refractivity contribution is 7.89. The summed E-state index contributed by atoms with van der Waals surface area (Å²) in [5.74, 6) is -3.71. The number of carbonyl (C=O) groups excluding carboxylic acids is 1. The fourth-order valence-corrected chi connectivity index (χ4v) is 4.18. The molecule has 0 saturated carbocycles. The molecule has 4 rings (SSSR count). The highest BCUT2D eigenvalue weighted by Gasteiger charge is 2.21. The maximum absolute atomic E-state index is 14.7. The van der Waals surface area contributed by atoms with Gasteiger partial charge in [0.05, 0.1) is 27.6 Å². The molecule has 0 atom stereocenters. The number of pyridine rings is 1.